The topological polar surface area (TPSA) is 38.9 Å². The summed E-state index contributed by atoms with van der Waals surface area (Å²) in [6.07, 6.45) is 1.75. The minimum atomic E-state index is 0.671. The molecule has 3 aromatic rings. The SMILES string of the molecule is Nc1cccnc1-c1ccc(Cl)c2ccccc12. The van der Waals surface area contributed by atoms with Gasteiger partial charge in [-0.15, -0.1) is 0 Å². The van der Waals surface area contributed by atoms with Crippen LogP contribution in [0, 0.1) is 0 Å². The smallest absolute Gasteiger partial charge is 0.0937 e. The van der Waals surface area contributed by atoms with Crippen LogP contribution in [0.5, 0.6) is 0 Å². The first kappa shape index (κ1) is 11.1. The van der Waals surface area contributed by atoms with Crippen LogP contribution in [0.2, 0.25) is 5.02 Å². The van der Waals surface area contributed by atoms with Crippen molar-refractivity contribution in [1.29, 1.82) is 0 Å². The normalized spacial score (nSPS) is 10.7. The van der Waals surface area contributed by atoms with Gasteiger partial charge in [0.25, 0.3) is 0 Å². The van der Waals surface area contributed by atoms with Crippen molar-refractivity contribution in [2.45, 2.75) is 0 Å². The first-order valence-corrected chi connectivity index (χ1v) is 6.03. The van der Waals surface area contributed by atoms with Crippen molar-refractivity contribution in [2.24, 2.45) is 0 Å². The van der Waals surface area contributed by atoms with Crippen molar-refractivity contribution in [2.75, 3.05) is 5.73 Å². The number of hydrogen-bond acceptors (Lipinski definition) is 2. The molecule has 2 aromatic carbocycles. The van der Waals surface area contributed by atoms with Crippen LogP contribution in [0.3, 0.4) is 0 Å². The van der Waals surface area contributed by atoms with Crippen molar-refractivity contribution in [1.82, 2.24) is 4.98 Å². The van der Waals surface area contributed by atoms with E-state index in [-0.39, 0.29) is 0 Å². The Kier molecular flexibility index (Phi) is 2.65. The molecule has 0 unspecified atom stereocenters. The largest absolute Gasteiger partial charge is 0.397 e. The average Bonchev–Trinajstić information content (AvgIpc) is 2.41. The Bertz CT molecular complexity index is 723. The molecule has 0 spiro atoms. The van der Waals surface area contributed by atoms with Gasteiger partial charge in [-0.3, -0.25) is 4.98 Å². The Balaban J connectivity index is 2.38. The molecule has 0 aliphatic heterocycles. The summed E-state index contributed by atoms with van der Waals surface area (Å²) < 4.78 is 0. The van der Waals surface area contributed by atoms with E-state index in [1.54, 1.807) is 6.20 Å². The van der Waals surface area contributed by atoms with Gasteiger partial charge in [0.05, 0.1) is 11.4 Å². The van der Waals surface area contributed by atoms with Crippen molar-refractivity contribution < 1.29 is 0 Å². The zero-order valence-electron chi connectivity index (χ0n) is 9.60. The highest BCUT2D eigenvalue weighted by molar-refractivity contribution is 6.36. The molecule has 0 saturated heterocycles. The van der Waals surface area contributed by atoms with Gasteiger partial charge < -0.3 is 5.73 Å². The van der Waals surface area contributed by atoms with E-state index in [0.717, 1.165) is 27.1 Å². The number of halogens is 1. The minimum absolute atomic E-state index is 0.671. The second kappa shape index (κ2) is 4.31. The summed E-state index contributed by atoms with van der Waals surface area (Å²) in [7, 11) is 0. The molecule has 3 heteroatoms. The molecule has 2 nitrogen and oxygen atoms in total. The van der Waals surface area contributed by atoms with Crippen LogP contribution in [0.4, 0.5) is 5.69 Å². The molecule has 0 amide bonds. The molecule has 0 aliphatic carbocycles. The highest BCUT2D eigenvalue weighted by atomic mass is 35.5. The summed E-state index contributed by atoms with van der Waals surface area (Å²) in [5, 5.41) is 2.82. The van der Waals surface area contributed by atoms with E-state index in [1.807, 2.05) is 48.5 Å². The molecule has 1 aromatic heterocycles. The quantitative estimate of drug-likeness (QED) is 0.709. The summed E-state index contributed by atoms with van der Waals surface area (Å²) in [6, 6.07) is 15.5. The number of nitrogen functional groups attached to an aromatic ring is 1. The van der Waals surface area contributed by atoms with Gasteiger partial charge in [0.1, 0.15) is 0 Å². The fraction of sp³-hybridized carbons (Fsp3) is 0. The van der Waals surface area contributed by atoms with Gasteiger partial charge >= 0.3 is 0 Å². The Morgan fingerprint density at radius 2 is 1.67 bits per heavy atom. The van der Waals surface area contributed by atoms with Gasteiger partial charge in [-0.05, 0) is 23.6 Å². The zero-order chi connectivity index (χ0) is 12.5. The molecule has 0 atom stereocenters. The van der Waals surface area contributed by atoms with Crippen LogP contribution in [0.15, 0.2) is 54.7 Å². The summed E-state index contributed by atoms with van der Waals surface area (Å²) in [4.78, 5) is 4.36. The Labute approximate surface area is 110 Å². The van der Waals surface area contributed by atoms with Crippen LogP contribution < -0.4 is 5.73 Å². The molecule has 2 N–H and O–H groups in total. The van der Waals surface area contributed by atoms with E-state index in [9.17, 15) is 0 Å². The maximum absolute atomic E-state index is 6.20. The summed E-state index contributed by atoms with van der Waals surface area (Å²) >= 11 is 6.20. The lowest BCUT2D eigenvalue weighted by molar-refractivity contribution is 1.34. The minimum Gasteiger partial charge on any atom is -0.397 e. The predicted molar refractivity (Wildman–Crippen MR) is 76.6 cm³/mol. The number of pyridine rings is 1. The number of aromatic nitrogens is 1. The maximum Gasteiger partial charge on any atom is 0.0937 e. The van der Waals surface area contributed by atoms with Crippen LogP contribution in [-0.4, -0.2) is 4.98 Å². The van der Waals surface area contributed by atoms with Crippen LogP contribution in [-0.2, 0) is 0 Å². The lowest BCUT2D eigenvalue weighted by Gasteiger charge is -2.09. The lowest BCUT2D eigenvalue weighted by atomic mass is 10.0. The Morgan fingerprint density at radius 1 is 0.889 bits per heavy atom. The number of fused-ring (bicyclic) bond motifs is 1. The second-order valence-corrected chi connectivity index (χ2v) is 4.49. The number of rotatable bonds is 1. The molecule has 1 heterocycles. The van der Waals surface area contributed by atoms with Gasteiger partial charge in [-0.2, -0.15) is 0 Å². The average molecular weight is 255 g/mol. The van der Waals surface area contributed by atoms with Crippen LogP contribution in [0.1, 0.15) is 0 Å². The summed E-state index contributed by atoms with van der Waals surface area (Å²) in [6.45, 7) is 0. The molecule has 0 fully saturated rings. The number of nitrogens with two attached hydrogens (primary N) is 1. The molecule has 18 heavy (non-hydrogen) atoms. The highest BCUT2D eigenvalue weighted by Crippen LogP contribution is 2.34. The van der Waals surface area contributed by atoms with Gasteiger partial charge in [0, 0.05) is 22.2 Å². The van der Waals surface area contributed by atoms with Crippen LogP contribution >= 0.6 is 11.6 Å². The van der Waals surface area contributed by atoms with Gasteiger partial charge in [-0.1, -0.05) is 41.9 Å². The van der Waals surface area contributed by atoms with Gasteiger partial charge in [0.15, 0.2) is 0 Å². The molecule has 0 radical (unpaired) electrons. The van der Waals surface area contributed by atoms with E-state index in [2.05, 4.69) is 4.98 Å². The van der Waals surface area contributed by atoms with E-state index < -0.39 is 0 Å². The molecule has 88 valence electrons. The Morgan fingerprint density at radius 3 is 2.44 bits per heavy atom. The maximum atomic E-state index is 6.20. The van der Waals surface area contributed by atoms with Crippen molar-refractivity contribution >= 4 is 28.1 Å². The third-order valence-corrected chi connectivity index (χ3v) is 3.29. The van der Waals surface area contributed by atoms with E-state index in [0.29, 0.717) is 5.69 Å². The third-order valence-electron chi connectivity index (χ3n) is 2.96. The predicted octanol–water partition coefficient (Wildman–Crippen LogP) is 4.14. The number of nitrogens with zero attached hydrogens (tertiary/aromatic N) is 1. The highest BCUT2D eigenvalue weighted by Gasteiger charge is 2.09. The number of benzene rings is 2. The van der Waals surface area contributed by atoms with Crippen LogP contribution in [0.25, 0.3) is 22.0 Å². The first-order chi connectivity index (χ1) is 8.77. The van der Waals surface area contributed by atoms with E-state index in [4.69, 9.17) is 17.3 Å². The third kappa shape index (κ3) is 1.71. The van der Waals surface area contributed by atoms with Crippen molar-refractivity contribution in [3.63, 3.8) is 0 Å². The summed E-state index contributed by atoms with van der Waals surface area (Å²) in [5.74, 6) is 0. The molecule has 0 aliphatic rings. The van der Waals surface area contributed by atoms with Gasteiger partial charge in [0.2, 0.25) is 0 Å². The molecular formula is C15H11ClN2. The Hall–Kier alpha value is -2.06. The van der Waals surface area contributed by atoms with E-state index in [1.165, 1.54) is 0 Å². The summed E-state index contributed by atoms with van der Waals surface area (Å²) in [5.41, 5.74) is 8.46. The van der Waals surface area contributed by atoms with Crippen molar-refractivity contribution in [3.05, 3.63) is 59.8 Å². The number of hydrogen-bond donors (Lipinski definition) is 1. The monoisotopic (exact) mass is 254 g/mol. The molecule has 0 saturated carbocycles. The fourth-order valence-corrected chi connectivity index (χ4v) is 2.34. The molecule has 0 bridgehead atoms. The van der Waals surface area contributed by atoms with Crippen molar-refractivity contribution in [3.8, 4) is 11.3 Å². The molecular weight excluding hydrogens is 244 g/mol. The lowest BCUT2D eigenvalue weighted by Crippen LogP contribution is -1.93. The number of anilines is 1. The van der Waals surface area contributed by atoms with Gasteiger partial charge in [-0.25, -0.2) is 0 Å². The second-order valence-electron chi connectivity index (χ2n) is 4.08. The van der Waals surface area contributed by atoms with E-state index >= 15 is 0 Å². The zero-order valence-corrected chi connectivity index (χ0v) is 10.4. The fourth-order valence-electron chi connectivity index (χ4n) is 2.11. The molecule has 3 rings (SSSR count). The standard InChI is InChI=1S/C15H11ClN2/c16-13-8-7-12(10-4-1-2-5-11(10)13)15-14(17)6-3-9-18-15/h1-9H,17H2. The first-order valence-electron chi connectivity index (χ1n) is 5.65.